The van der Waals surface area contributed by atoms with Gasteiger partial charge in [-0.25, -0.2) is 4.79 Å². The fourth-order valence-corrected chi connectivity index (χ4v) is 3.53. The molecule has 1 amide bonds. The third kappa shape index (κ3) is 2.24. The van der Waals surface area contributed by atoms with Crippen molar-refractivity contribution < 1.29 is 14.7 Å². The summed E-state index contributed by atoms with van der Waals surface area (Å²) in [5.74, 6) is -0.886. The Hall–Kier alpha value is -1.10. The third-order valence-corrected chi connectivity index (χ3v) is 5.15. The van der Waals surface area contributed by atoms with E-state index in [0.29, 0.717) is 32.4 Å². The SMILES string of the molecule is CCC1(C(=O)O)CCCN1C(=O)CC1(CN)CCC1. The molecule has 1 saturated carbocycles. The largest absolute Gasteiger partial charge is 0.479 e. The van der Waals surface area contributed by atoms with Crippen molar-refractivity contribution in [2.75, 3.05) is 13.1 Å². The monoisotopic (exact) mass is 268 g/mol. The summed E-state index contributed by atoms with van der Waals surface area (Å²) in [5, 5.41) is 9.49. The first-order valence-electron chi connectivity index (χ1n) is 7.24. The number of likely N-dealkylation sites (tertiary alicyclic amines) is 1. The number of amides is 1. The van der Waals surface area contributed by atoms with Crippen molar-refractivity contribution in [1.82, 2.24) is 4.90 Å². The van der Waals surface area contributed by atoms with Crippen LogP contribution in [0.25, 0.3) is 0 Å². The molecule has 1 aliphatic heterocycles. The van der Waals surface area contributed by atoms with Crippen LogP contribution in [0.4, 0.5) is 0 Å². The maximum absolute atomic E-state index is 12.5. The van der Waals surface area contributed by atoms with Gasteiger partial charge in [0.25, 0.3) is 0 Å². The molecule has 19 heavy (non-hydrogen) atoms. The van der Waals surface area contributed by atoms with Crippen LogP contribution in [0.5, 0.6) is 0 Å². The number of carboxylic acid groups (broad SMARTS) is 1. The Morgan fingerprint density at radius 2 is 1.95 bits per heavy atom. The lowest BCUT2D eigenvalue weighted by Gasteiger charge is -2.43. The van der Waals surface area contributed by atoms with Crippen LogP contribution in [0.3, 0.4) is 0 Å². The van der Waals surface area contributed by atoms with Crippen molar-refractivity contribution >= 4 is 11.9 Å². The average Bonchev–Trinajstić information content (AvgIpc) is 2.78. The van der Waals surface area contributed by atoms with Gasteiger partial charge in [0.05, 0.1) is 0 Å². The maximum atomic E-state index is 12.5. The summed E-state index contributed by atoms with van der Waals surface area (Å²) >= 11 is 0. The minimum atomic E-state index is -0.976. The Bertz CT molecular complexity index is 373. The molecule has 1 heterocycles. The van der Waals surface area contributed by atoms with Gasteiger partial charge in [0.1, 0.15) is 5.54 Å². The molecule has 0 bridgehead atoms. The van der Waals surface area contributed by atoms with Gasteiger partial charge >= 0.3 is 5.97 Å². The highest BCUT2D eigenvalue weighted by atomic mass is 16.4. The average molecular weight is 268 g/mol. The quantitative estimate of drug-likeness (QED) is 0.788. The highest BCUT2D eigenvalue weighted by Crippen LogP contribution is 2.44. The topological polar surface area (TPSA) is 83.6 Å². The second kappa shape index (κ2) is 5.12. The zero-order chi connectivity index (χ0) is 14.1. The fraction of sp³-hybridized carbons (Fsp3) is 0.857. The number of nitrogens with two attached hydrogens (primary N) is 1. The molecule has 1 saturated heterocycles. The van der Waals surface area contributed by atoms with Crippen molar-refractivity contribution in [3.8, 4) is 0 Å². The van der Waals surface area contributed by atoms with Crippen molar-refractivity contribution in [2.45, 2.75) is 57.4 Å². The molecule has 5 heteroatoms. The first kappa shape index (κ1) is 14.3. The van der Waals surface area contributed by atoms with E-state index in [9.17, 15) is 14.7 Å². The summed E-state index contributed by atoms with van der Waals surface area (Å²) in [6.45, 7) is 2.94. The Labute approximate surface area is 114 Å². The normalized spacial score (nSPS) is 29.1. The van der Waals surface area contributed by atoms with Crippen LogP contribution in [0.1, 0.15) is 51.9 Å². The van der Waals surface area contributed by atoms with Gasteiger partial charge in [-0.2, -0.15) is 0 Å². The summed E-state index contributed by atoms with van der Waals surface area (Å²) in [6.07, 6.45) is 5.36. The Morgan fingerprint density at radius 3 is 2.37 bits per heavy atom. The van der Waals surface area contributed by atoms with Crippen molar-refractivity contribution in [2.24, 2.45) is 11.1 Å². The molecule has 0 aromatic carbocycles. The number of carboxylic acids is 1. The molecule has 2 aliphatic rings. The third-order valence-electron chi connectivity index (χ3n) is 5.15. The van der Waals surface area contributed by atoms with E-state index in [2.05, 4.69) is 0 Å². The molecular formula is C14H24N2O3. The second-order valence-corrected chi connectivity index (χ2v) is 6.07. The van der Waals surface area contributed by atoms with Gasteiger partial charge in [0, 0.05) is 13.0 Å². The first-order chi connectivity index (χ1) is 8.99. The minimum Gasteiger partial charge on any atom is -0.479 e. The van der Waals surface area contributed by atoms with E-state index in [-0.39, 0.29) is 11.3 Å². The number of carbonyl (C=O) groups excluding carboxylic acids is 1. The van der Waals surface area contributed by atoms with E-state index in [4.69, 9.17) is 5.73 Å². The predicted octanol–water partition coefficient (Wildman–Crippen LogP) is 1.36. The summed E-state index contributed by atoms with van der Waals surface area (Å²) in [5.41, 5.74) is 4.76. The summed E-state index contributed by atoms with van der Waals surface area (Å²) < 4.78 is 0. The molecular weight excluding hydrogens is 244 g/mol. The van der Waals surface area contributed by atoms with Crippen LogP contribution in [0, 0.1) is 5.41 Å². The van der Waals surface area contributed by atoms with E-state index in [1.807, 2.05) is 6.92 Å². The van der Waals surface area contributed by atoms with Gasteiger partial charge in [0.15, 0.2) is 0 Å². The molecule has 0 radical (unpaired) electrons. The van der Waals surface area contributed by atoms with Crippen molar-refractivity contribution in [3.63, 3.8) is 0 Å². The molecule has 1 unspecified atom stereocenters. The van der Waals surface area contributed by atoms with E-state index in [0.717, 1.165) is 25.7 Å². The van der Waals surface area contributed by atoms with E-state index in [1.165, 1.54) is 0 Å². The van der Waals surface area contributed by atoms with E-state index < -0.39 is 11.5 Å². The second-order valence-electron chi connectivity index (χ2n) is 6.07. The van der Waals surface area contributed by atoms with Crippen LogP contribution < -0.4 is 5.73 Å². The van der Waals surface area contributed by atoms with Gasteiger partial charge in [0.2, 0.25) is 5.91 Å². The highest BCUT2D eigenvalue weighted by Gasteiger charge is 2.50. The summed E-state index contributed by atoms with van der Waals surface area (Å²) in [4.78, 5) is 25.7. The zero-order valence-corrected chi connectivity index (χ0v) is 11.7. The Morgan fingerprint density at radius 1 is 1.26 bits per heavy atom. The molecule has 108 valence electrons. The summed E-state index contributed by atoms with van der Waals surface area (Å²) in [6, 6.07) is 0. The Balaban J connectivity index is 2.11. The predicted molar refractivity (Wildman–Crippen MR) is 71.6 cm³/mol. The van der Waals surface area contributed by atoms with Gasteiger partial charge < -0.3 is 15.7 Å². The van der Waals surface area contributed by atoms with Gasteiger partial charge in [-0.15, -0.1) is 0 Å². The minimum absolute atomic E-state index is 0.0214. The van der Waals surface area contributed by atoms with Crippen molar-refractivity contribution in [3.05, 3.63) is 0 Å². The molecule has 2 fully saturated rings. The lowest BCUT2D eigenvalue weighted by molar-refractivity contribution is -0.158. The molecule has 1 atom stereocenters. The molecule has 1 aliphatic carbocycles. The smallest absolute Gasteiger partial charge is 0.329 e. The lowest BCUT2D eigenvalue weighted by atomic mass is 9.66. The summed E-state index contributed by atoms with van der Waals surface area (Å²) in [7, 11) is 0. The van der Waals surface area contributed by atoms with Crippen LogP contribution in [-0.4, -0.2) is 40.5 Å². The molecule has 0 aromatic heterocycles. The molecule has 3 N–H and O–H groups in total. The van der Waals surface area contributed by atoms with Gasteiger partial charge in [-0.05, 0) is 44.1 Å². The number of carbonyl (C=O) groups is 2. The van der Waals surface area contributed by atoms with Crippen molar-refractivity contribution in [1.29, 1.82) is 0 Å². The van der Waals surface area contributed by atoms with Crippen LogP contribution >= 0.6 is 0 Å². The standard InChI is InChI=1S/C14H24N2O3/c1-2-14(12(18)19)7-4-8-16(14)11(17)9-13(10-15)5-3-6-13/h2-10,15H2,1H3,(H,18,19). The van der Waals surface area contributed by atoms with Gasteiger partial charge in [-0.1, -0.05) is 13.3 Å². The molecule has 0 spiro atoms. The molecule has 5 nitrogen and oxygen atoms in total. The molecule has 2 rings (SSSR count). The van der Waals surface area contributed by atoms with Crippen LogP contribution in [0.15, 0.2) is 0 Å². The van der Waals surface area contributed by atoms with Gasteiger partial charge in [-0.3, -0.25) is 4.79 Å². The molecule has 0 aromatic rings. The number of aliphatic carboxylic acids is 1. The number of hydrogen-bond donors (Lipinski definition) is 2. The number of nitrogens with zero attached hydrogens (tertiary/aromatic N) is 1. The number of rotatable bonds is 5. The van der Waals surface area contributed by atoms with E-state index in [1.54, 1.807) is 4.90 Å². The van der Waals surface area contributed by atoms with Crippen LogP contribution in [-0.2, 0) is 9.59 Å². The maximum Gasteiger partial charge on any atom is 0.329 e. The van der Waals surface area contributed by atoms with Crippen LogP contribution in [0.2, 0.25) is 0 Å². The first-order valence-corrected chi connectivity index (χ1v) is 7.24. The zero-order valence-electron chi connectivity index (χ0n) is 11.7. The highest BCUT2D eigenvalue weighted by molar-refractivity contribution is 5.88. The lowest BCUT2D eigenvalue weighted by Crippen LogP contribution is -2.54. The van der Waals surface area contributed by atoms with E-state index >= 15 is 0 Å². The number of hydrogen-bond acceptors (Lipinski definition) is 3. The Kier molecular flexibility index (Phi) is 3.85. The fourth-order valence-electron chi connectivity index (χ4n) is 3.53.